The van der Waals surface area contributed by atoms with Crippen LogP contribution in [-0.2, 0) is 12.8 Å². The Labute approximate surface area is 127 Å². The van der Waals surface area contributed by atoms with E-state index in [9.17, 15) is 0 Å². The molecular formula is C19H24N2. The van der Waals surface area contributed by atoms with Gasteiger partial charge in [0.25, 0.3) is 0 Å². The predicted molar refractivity (Wildman–Crippen MR) is 88.8 cm³/mol. The van der Waals surface area contributed by atoms with Gasteiger partial charge in [-0.15, -0.1) is 0 Å². The summed E-state index contributed by atoms with van der Waals surface area (Å²) in [6.07, 6.45) is 9.19. The Bertz CT molecular complexity index is 671. The van der Waals surface area contributed by atoms with Gasteiger partial charge in [0.15, 0.2) is 0 Å². The molecule has 21 heavy (non-hydrogen) atoms. The Morgan fingerprint density at radius 3 is 2.81 bits per heavy atom. The zero-order valence-electron chi connectivity index (χ0n) is 12.9. The van der Waals surface area contributed by atoms with Crippen molar-refractivity contribution < 1.29 is 0 Å². The summed E-state index contributed by atoms with van der Waals surface area (Å²) in [4.78, 5) is 4.97. The second-order valence-electron chi connectivity index (χ2n) is 6.89. The van der Waals surface area contributed by atoms with E-state index in [0.717, 1.165) is 18.5 Å². The van der Waals surface area contributed by atoms with Crippen LogP contribution in [0.25, 0.3) is 10.9 Å². The quantitative estimate of drug-likeness (QED) is 0.880. The summed E-state index contributed by atoms with van der Waals surface area (Å²) in [5.74, 6) is 0. The maximum absolute atomic E-state index is 4.97. The summed E-state index contributed by atoms with van der Waals surface area (Å²) < 4.78 is 0. The van der Waals surface area contributed by atoms with Gasteiger partial charge < -0.3 is 5.32 Å². The van der Waals surface area contributed by atoms with Crippen molar-refractivity contribution >= 4 is 16.6 Å². The Hall–Kier alpha value is -1.57. The zero-order valence-corrected chi connectivity index (χ0v) is 12.9. The number of hydrogen-bond donors (Lipinski definition) is 1. The van der Waals surface area contributed by atoms with Crippen molar-refractivity contribution in [2.45, 2.75) is 51.9 Å². The Morgan fingerprint density at radius 2 is 2.05 bits per heavy atom. The number of nitrogens with zero attached hydrogens (tertiary/aromatic N) is 1. The van der Waals surface area contributed by atoms with Gasteiger partial charge >= 0.3 is 0 Å². The number of anilines is 1. The highest BCUT2D eigenvalue weighted by Crippen LogP contribution is 2.51. The maximum atomic E-state index is 4.97. The van der Waals surface area contributed by atoms with Crippen molar-refractivity contribution in [3.05, 3.63) is 35.5 Å². The van der Waals surface area contributed by atoms with Crippen LogP contribution in [0.5, 0.6) is 0 Å². The molecule has 1 aromatic carbocycles. The lowest BCUT2D eigenvalue weighted by atomic mass is 9.60. The van der Waals surface area contributed by atoms with E-state index in [-0.39, 0.29) is 0 Å². The van der Waals surface area contributed by atoms with Gasteiger partial charge in [0, 0.05) is 23.3 Å². The second-order valence-corrected chi connectivity index (χ2v) is 6.89. The molecule has 110 valence electrons. The number of aryl methyl sites for hydroxylation is 1. The minimum absolute atomic E-state index is 0.611. The molecule has 0 aliphatic heterocycles. The van der Waals surface area contributed by atoms with Crippen LogP contribution in [0.1, 0.15) is 50.3 Å². The molecule has 2 aliphatic rings. The number of aromatic nitrogens is 1. The third kappa shape index (κ3) is 2.12. The lowest BCUT2D eigenvalue weighted by Crippen LogP contribution is -2.36. The fourth-order valence-electron chi connectivity index (χ4n) is 4.10. The minimum Gasteiger partial charge on any atom is -0.384 e. The first-order valence-electron chi connectivity index (χ1n) is 8.46. The molecule has 2 aromatic rings. The number of pyridine rings is 1. The van der Waals surface area contributed by atoms with E-state index >= 15 is 0 Å². The molecule has 0 saturated heterocycles. The summed E-state index contributed by atoms with van der Waals surface area (Å²) in [6, 6.07) is 8.61. The van der Waals surface area contributed by atoms with Crippen LogP contribution in [0, 0.1) is 5.41 Å². The van der Waals surface area contributed by atoms with E-state index in [1.54, 1.807) is 0 Å². The van der Waals surface area contributed by atoms with E-state index in [2.05, 4.69) is 36.5 Å². The van der Waals surface area contributed by atoms with Gasteiger partial charge in [-0.1, -0.05) is 31.5 Å². The predicted octanol–water partition coefficient (Wildman–Crippen LogP) is 4.72. The Kier molecular flexibility index (Phi) is 3.13. The monoisotopic (exact) mass is 280 g/mol. The van der Waals surface area contributed by atoms with E-state index in [4.69, 9.17) is 4.98 Å². The van der Waals surface area contributed by atoms with Crippen LogP contribution in [0.3, 0.4) is 0 Å². The van der Waals surface area contributed by atoms with Crippen LogP contribution in [0.4, 0.5) is 5.69 Å². The zero-order chi connectivity index (χ0) is 14.3. The van der Waals surface area contributed by atoms with Crippen molar-refractivity contribution in [3.8, 4) is 0 Å². The van der Waals surface area contributed by atoms with Crippen molar-refractivity contribution in [3.63, 3.8) is 0 Å². The molecule has 0 bridgehead atoms. The fourth-order valence-corrected chi connectivity index (χ4v) is 4.10. The second kappa shape index (κ2) is 5.01. The first-order chi connectivity index (χ1) is 10.3. The number of hydrogen-bond acceptors (Lipinski definition) is 2. The number of benzene rings is 1. The first kappa shape index (κ1) is 13.1. The van der Waals surface area contributed by atoms with E-state index < -0.39 is 0 Å². The maximum Gasteiger partial charge on any atom is 0.0726 e. The Balaban J connectivity index is 1.85. The van der Waals surface area contributed by atoms with Crippen molar-refractivity contribution in [2.24, 2.45) is 5.41 Å². The third-order valence-electron chi connectivity index (χ3n) is 5.49. The molecule has 2 nitrogen and oxygen atoms in total. The van der Waals surface area contributed by atoms with Crippen molar-refractivity contribution in [1.82, 2.24) is 4.98 Å². The number of nitrogens with one attached hydrogen (secondary N) is 1. The highest BCUT2D eigenvalue weighted by Gasteiger charge is 2.41. The van der Waals surface area contributed by atoms with Gasteiger partial charge in [-0.05, 0) is 55.6 Å². The molecule has 1 N–H and O–H groups in total. The van der Waals surface area contributed by atoms with Gasteiger partial charge in [-0.25, -0.2) is 0 Å². The van der Waals surface area contributed by atoms with E-state index in [1.807, 2.05) is 0 Å². The standard InChI is InChI=1S/C19H24N2/c1-2-12-20-18-14-6-3-4-7-16(14)21-17-8-11-19(9-5-10-19)13-15(17)18/h3-4,6-7H,2,5,8-13H2,1H3,(H,20,21). The SMILES string of the molecule is CCCNc1c2c(nc3ccccc13)CCC1(CCC1)C2. The molecule has 0 radical (unpaired) electrons. The molecular weight excluding hydrogens is 256 g/mol. The van der Waals surface area contributed by atoms with Crippen LogP contribution in [0.2, 0.25) is 0 Å². The van der Waals surface area contributed by atoms with Gasteiger partial charge in [0.1, 0.15) is 0 Å². The summed E-state index contributed by atoms with van der Waals surface area (Å²) in [5.41, 5.74) is 6.01. The van der Waals surface area contributed by atoms with Gasteiger partial charge in [0.05, 0.1) is 5.52 Å². The molecule has 0 unspecified atom stereocenters. The molecule has 2 aliphatic carbocycles. The average molecular weight is 280 g/mol. The fraction of sp³-hybridized carbons (Fsp3) is 0.526. The highest BCUT2D eigenvalue weighted by atomic mass is 14.9. The molecule has 0 atom stereocenters. The summed E-state index contributed by atoms with van der Waals surface area (Å²) in [7, 11) is 0. The van der Waals surface area contributed by atoms with E-state index in [0.29, 0.717) is 5.41 Å². The molecule has 1 fully saturated rings. The summed E-state index contributed by atoms with van der Waals surface area (Å²) >= 11 is 0. The molecule has 1 aromatic heterocycles. The van der Waals surface area contributed by atoms with Gasteiger partial charge in [0.2, 0.25) is 0 Å². The molecule has 0 amide bonds. The summed E-state index contributed by atoms with van der Waals surface area (Å²) in [6.45, 7) is 3.28. The molecule has 2 heteroatoms. The Morgan fingerprint density at radius 1 is 1.19 bits per heavy atom. The van der Waals surface area contributed by atoms with Crippen LogP contribution >= 0.6 is 0 Å². The van der Waals surface area contributed by atoms with Gasteiger partial charge in [-0.3, -0.25) is 4.98 Å². The highest BCUT2D eigenvalue weighted by molar-refractivity contribution is 5.93. The van der Waals surface area contributed by atoms with Crippen molar-refractivity contribution in [1.29, 1.82) is 0 Å². The van der Waals surface area contributed by atoms with Crippen LogP contribution in [0.15, 0.2) is 24.3 Å². The largest absolute Gasteiger partial charge is 0.384 e. The van der Waals surface area contributed by atoms with Crippen LogP contribution < -0.4 is 5.32 Å². The number of rotatable bonds is 3. The molecule has 4 rings (SSSR count). The van der Waals surface area contributed by atoms with Crippen LogP contribution in [-0.4, -0.2) is 11.5 Å². The normalized spacial score (nSPS) is 19.3. The number of para-hydroxylation sites is 1. The third-order valence-corrected chi connectivity index (χ3v) is 5.49. The minimum atomic E-state index is 0.611. The summed E-state index contributed by atoms with van der Waals surface area (Å²) in [5, 5.41) is 5.02. The molecule has 1 saturated carbocycles. The smallest absolute Gasteiger partial charge is 0.0726 e. The molecule has 1 spiro atoms. The lowest BCUT2D eigenvalue weighted by Gasteiger charge is -2.45. The van der Waals surface area contributed by atoms with Crippen molar-refractivity contribution in [2.75, 3.05) is 11.9 Å². The molecule has 1 heterocycles. The number of fused-ring (bicyclic) bond motifs is 2. The first-order valence-corrected chi connectivity index (χ1v) is 8.46. The van der Waals surface area contributed by atoms with Gasteiger partial charge in [-0.2, -0.15) is 0 Å². The average Bonchev–Trinajstić information content (AvgIpc) is 2.49. The topological polar surface area (TPSA) is 24.9 Å². The lowest BCUT2D eigenvalue weighted by molar-refractivity contribution is 0.111. The van der Waals surface area contributed by atoms with E-state index in [1.165, 1.54) is 60.9 Å².